The molecule has 0 aliphatic rings. The van der Waals surface area contributed by atoms with Crippen molar-refractivity contribution in [2.75, 3.05) is 6.61 Å². The fourth-order valence-corrected chi connectivity index (χ4v) is 0.674. The van der Waals surface area contributed by atoms with Gasteiger partial charge in [-0.15, -0.1) is 0 Å². The summed E-state index contributed by atoms with van der Waals surface area (Å²) >= 11 is 0. The van der Waals surface area contributed by atoms with Gasteiger partial charge in [-0.1, -0.05) is 13.3 Å². The Morgan fingerprint density at radius 1 is 1.45 bits per heavy atom. The average Bonchev–Trinajstić information content (AvgIpc) is 2.00. The van der Waals surface area contributed by atoms with Crippen LogP contribution in [0, 0.1) is 5.41 Å². The number of carbonyl (C=O) groups is 1. The van der Waals surface area contributed by atoms with Crippen molar-refractivity contribution >= 4 is 11.7 Å². The van der Waals surface area contributed by atoms with Crippen LogP contribution < -0.4 is 0 Å². The summed E-state index contributed by atoms with van der Waals surface area (Å²) in [4.78, 5) is 10.8. The molecule has 3 heteroatoms. The van der Waals surface area contributed by atoms with E-state index >= 15 is 0 Å². The van der Waals surface area contributed by atoms with Crippen LogP contribution in [-0.4, -0.2) is 18.3 Å². The van der Waals surface area contributed by atoms with Crippen molar-refractivity contribution in [3.8, 4) is 0 Å². The Hall–Kier alpha value is -0.860. The highest BCUT2D eigenvalue weighted by atomic mass is 16.5. The van der Waals surface area contributed by atoms with E-state index < -0.39 is 5.97 Å². The normalized spacial score (nSPS) is 9.27. The smallest absolute Gasteiger partial charge is 0.351 e. The van der Waals surface area contributed by atoms with Crippen LogP contribution in [0.4, 0.5) is 0 Å². The van der Waals surface area contributed by atoms with Gasteiger partial charge < -0.3 is 4.74 Å². The second-order valence-electron chi connectivity index (χ2n) is 2.30. The lowest BCUT2D eigenvalue weighted by atomic mass is 10.2. The van der Waals surface area contributed by atoms with E-state index in [4.69, 9.17) is 5.41 Å². The van der Waals surface area contributed by atoms with Crippen LogP contribution in [0.3, 0.4) is 0 Å². The van der Waals surface area contributed by atoms with Gasteiger partial charge in [0.15, 0.2) is 0 Å². The zero-order chi connectivity index (χ0) is 8.69. The molecule has 0 unspecified atom stereocenters. The first-order valence-corrected chi connectivity index (χ1v) is 3.96. The molecule has 0 atom stereocenters. The molecule has 0 saturated heterocycles. The first-order chi connectivity index (χ1) is 5.22. The second kappa shape index (κ2) is 5.89. The maximum atomic E-state index is 10.8. The molecule has 0 heterocycles. The minimum absolute atomic E-state index is 0.0914. The van der Waals surface area contributed by atoms with Crippen molar-refractivity contribution in [3.63, 3.8) is 0 Å². The van der Waals surface area contributed by atoms with Crippen LogP contribution in [0.5, 0.6) is 0 Å². The summed E-state index contributed by atoms with van der Waals surface area (Å²) in [6, 6.07) is 0. The summed E-state index contributed by atoms with van der Waals surface area (Å²) in [5.41, 5.74) is 0.0914. The maximum Gasteiger partial charge on any atom is 0.351 e. The molecule has 0 amide bonds. The first-order valence-electron chi connectivity index (χ1n) is 3.96. The fourth-order valence-electron chi connectivity index (χ4n) is 0.674. The molecule has 0 bridgehead atoms. The third-order valence-corrected chi connectivity index (χ3v) is 1.30. The molecule has 0 saturated carbocycles. The molecule has 3 nitrogen and oxygen atoms in total. The number of unbranched alkanes of at least 4 members (excludes halogenated alkanes) is 1. The van der Waals surface area contributed by atoms with Crippen molar-refractivity contribution in [3.05, 3.63) is 0 Å². The Morgan fingerprint density at radius 2 is 2.09 bits per heavy atom. The van der Waals surface area contributed by atoms with Crippen LogP contribution in [0.2, 0.25) is 0 Å². The molecule has 0 aliphatic carbocycles. The number of rotatable bonds is 5. The van der Waals surface area contributed by atoms with Crippen molar-refractivity contribution < 1.29 is 9.53 Å². The molecular weight excluding hydrogens is 142 g/mol. The third kappa shape index (κ3) is 4.53. The van der Waals surface area contributed by atoms with Crippen LogP contribution in [0.15, 0.2) is 0 Å². The van der Waals surface area contributed by atoms with Gasteiger partial charge in [-0.05, 0) is 19.8 Å². The molecule has 0 rings (SSSR count). The number of esters is 1. The predicted molar refractivity (Wildman–Crippen MR) is 43.9 cm³/mol. The Kier molecular flexibility index (Phi) is 5.43. The van der Waals surface area contributed by atoms with E-state index in [1.165, 1.54) is 0 Å². The minimum atomic E-state index is -0.471. The molecule has 0 fully saturated rings. The van der Waals surface area contributed by atoms with E-state index in [2.05, 4.69) is 4.74 Å². The summed E-state index contributed by atoms with van der Waals surface area (Å²) in [5.74, 6) is -0.471. The fraction of sp³-hybridized carbons (Fsp3) is 0.750. The highest BCUT2D eigenvalue weighted by molar-refractivity contribution is 6.35. The van der Waals surface area contributed by atoms with Gasteiger partial charge in [-0.3, -0.25) is 5.41 Å². The van der Waals surface area contributed by atoms with Crippen molar-refractivity contribution in [1.82, 2.24) is 0 Å². The minimum Gasteiger partial charge on any atom is -0.462 e. The van der Waals surface area contributed by atoms with Crippen LogP contribution in [-0.2, 0) is 9.53 Å². The Bertz CT molecular complexity index is 143. The van der Waals surface area contributed by atoms with Crippen LogP contribution >= 0.6 is 0 Å². The van der Waals surface area contributed by atoms with Crippen molar-refractivity contribution in [1.29, 1.82) is 5.41 Å². The van der Waals surface area contributed by atoms with E-state index in [1.54, 1.807) is 6.92 Å². The third-order valence-electron chi connectivity index (χ3n) is 1.30. The second-order valence-corrected chi connectivity index (χ2v) is 2.30. The van der Waals surface area contributed by atoms with E-state index in [1.807, 2.05) is 6.92 Å². The number of hydrogen-bond acceptors (Lipinski definition) is 3. The van der Waals surface area contributed by atoms with Gasteiger partial charge in [-0.25, -0.2) is 4.79 Å². The van der Waals surface area contributed by atoms with Gasteiger partial charge in [0, 0.05) is 0 Å². The Balaban J connectivity index is 3.56. The Labute approximate surface area is 67.3 Å². The lowest BCUT2D eigenvalue weighted by molar-refractivity contribution is -0.135. The van der Waals surface area contributed by atoms with E-state index in [9.17, 15) is 4.79 Å². The predicted octanol–water partition coefficient (Wildman–Crippen LogP) is 1.76. The van der Waals surface area contributed by atoms with E-state index in [-0.39, 0.29) is 5.71 Å². The largest absolute Gasteiger partial charge is 0.462 e. The number of hydrogen-bond donors (Lipinski definition) is 1. The quantitative estimate of drug-likeness (QED) is 0.488. The lowest BCUT2D eigenvalue weighted by Gasteiger charge is -2.01. The van der Waals surface area contributed by atoms with Gasteiger partial charge in [0.05, 0.1) is 6.61 Å². The average molecular weight is 157 g/mol. The van der Waals surface area contributed by atoms with Gasteiger partial charge >= 0.3 is 5.97 Å². The van der Waals surface area contributed by atoms with Gasteiger partial charge in [0.1, 0.15) is 5.71 Å². The number of nitrogens with one attached hydrogen (secondary N) is 1. The summed E-state index contributed by atoms with van der Waals surface area (Å²) in [7, 11) is 0. The summed E-state index contributed by atoms with van der Waals surface area (Å²) in [6.45, 7) is 4.12. The molecule has 0 aromatic heterocycles. The summed E-state index contributed by atoms with van der Waals surface area (Å²) in [6.07, 6.45) is 2.43. The standard InChI is InChI=1S/C8H15NO2/c1-3-5-6-7(9)8(10)11-4-2/h9H,3-6H2,1-2H3. The van der Waals surface area contributed by atoms with Crippen molar-refractivity contribution in [2.24, 2.45) is 0 Å². The van der Waals surface area contributed by atoms with Gasteiger partial charge in [0.25, 0.3) is 0 Å². The Morgan fingerprint density at radius 3 is 2.55 bits per heavy atom. The molecule has 0 aliphatic heterocycles. The monoisotopic (exact) mass is 157 g/mol. The molecule has 0 radical (unpaired) electrons. The summed E-state index contributed by atoms with van der Waals surface area (Å²) in [5, 5.41) is 7.23. The molecule has 0 aromatic rings. The summed E-state index contributed by atoms with van der Waals surface area (Å²) < 4.78 is 4.64. The molecule has 0 aromatic carbocycles. The zero-order valence-electron chi connectivity index (χ0n) is 7.14. The number of carbonyl (C=O) groups excluding carboxylic acids is 1. The van der Waals surface area contributed by atoms with Gasteiger partial charge in [0.2, 0.25) is 0 Å². The molecular formula is C8H15NO2. The maximum absolute atomic E-state index is 10.8. The highest BCUT2D eigenvalue weighted by Gasteiger charge is 2.07. The zero-order valence-corrected chi connectivity index (χ0v) is 7.14. The highest BCUT2D eigenvalue weighted by Crippen LogP contribution is 1.96. The van der Waals surface area contributed by atoms with Crippen molar-refractivity contribution in [2.45, 2.75) is 33.1 Å². The first kappa shape index (κ1) is 10.1. The number of ether oxygens (including phenoxy) is 1. The van der Waals surface area contributed by atoms with Crippen LogP contribution in [0.25, 0.3) is 0 Å². The van der Waals surface area contributed by atoms with Gasteiger partial charge in [-0.2, -0.15) is 0 Å². The van der Waals surface area contributed by atoms with E-state index in [0.29, 0.717) is 13.0 Å². The topological polar surface area (TPSA) is 50.2 Å². The molecule has 0 spiro atoms. The molecule has 1 N–H and O–H groups in total. The molecule has 64 valence electrons. The van der Waals surface area contributed by atoms with E-state index in [0.717, 1.165) is 12.8 Å². The SMILES string of the molecule is CCCCC(=N)C(=O)OCC. The molecule has 11 heavy (non-hydrogen) atoms. The van der Waals surface area contributed by atoms with Crippen LogP contribution in [0.1, 0.15) is 33.1 Å². The lowest BCUT2D eigenvalue weighted by Crippen LogP contribution is -2.15.